The van der Waals surface area contributed by atoms with E-state index in [0.717, 1.165) is 25.3 Å². The van der Waals surface area contributed by atoms with E-state index in [9.17, 15) is 5.11 Å². The number of unbranched alkanes of at least 4 members (excludes halogenated alkanes) is 4. The summed E-state index contributed by atoms with van der Waals surface area (Å²) in [5.74, 6) is 0.936. The molecule has 3 heteroatoms. The zero-order valence-electron chi connectivity index (χ0n) is 10.5. The average Bonchev–Trinajstić information content (AvgIpc) is 2.71. The van der Waals surface area contributed by atoms with Crippen molar-refractivity contribution in [2.75, 3.05) is 13.1 Å². The van der Waals surface area contributed by atoms with Crippen LogP contribution >= 0.6 is 0 Å². The quantitative estimate of drug-likeness (QED) is 0.675. The van der Waals surface area contributed by atoms with Crippen molar-refractivity contribution in [2.24, 2.45) is 4.99 Å². The minimum absolute atomic E-state index is 0.425. The molecule has 1 heterocycles. The molecule has 0 bridgehead atoms. The van der Waals surface area contributed by atoms with Gasteiger partial charge in [-0.1, -0.05) is 32.3 Å². The maximum absolute atomic E-state index is 9.51. The van der Waals surface area contributed by atoms with Gasteiger partial charge in [0.1, 0.15) is 12.1 Å². The smallest absolute Gasteiger partial charge is 0.125 e. The molecule has 1 atom stereocenters. The van der Waals surface area contributed by atoms with Crippen LogP contribution in [0.1, 0.15) is 46.0 Å². The highest BCUT2D eigenvalue weighted by atomic mass is 16.3. The Morgan fingerprint density at radius 3 is 2.94 bits per heavy atom. The normalized spacial score (nSPS) is 18.2. The first-order valence-electron chi connectivity index (χ1n) is 6.41. The first-order chi connectivity index (χ1) is 7.75. The fourth-order valence-electron chi connectivity index (χ4n) is 1.88. The van der Waals surface area contributed by atoms with Gasteiger partial charge in [0.25, 0.3) is 0 Å². The van der Waals surface area contributed by atoms with Crippen molar-refractivity contribution in [2.45, 2.75) is 52.2 Å². The van der Waals surface area contributed by atoms with Gasteiger partial charge in [-0.05, 0) is 25.8 Å². The molecule has 0 aliphatic carbocycles. The Hall–Kier alpha value is -0.830. The molecule has 16 heavy (non-hydrogen) atoms. The highest BCUT2D eigenvalue weighted by Gasteiger charge is 2.17. The van der Waals surface area contributed by atoms with Gasteiger partial charge in [-0.3, -0.25) is 4.99 Å². The standard InChI is InChI=1S/C13H24N2O/c1-3-4-5-6-7-8-9-13-14-10-11-15(13)12(2)16/h8-9,12,16H,3-7,10-11H2,1-2H3/b9-8+. The number of allylic oxidation sites excluding steroid dienone is 1. The summed E-state index contributed by atoms with van der Waals surface area (Å²) in [5, 5.41) is 9.51. The number of rotatable bonds is 7. The van der Waals surface area contributed by atoms with Crippen molar-refractivity contribution in [3.8, 4) is 0 Å². The molecule has 0 aromatic rings. The van der Waals surface area contributed by atoms with Gasteiger partial charge in [-0.2, -0.15) is 0 Å². The topological polar surface area (TPSA) is 35.8 Å². The van der Waals surface area contributed by atoms with Gasteiger partial charge in [0.2, 0.25) is 0 Å². The van der Waals surface area contributed by atoms with Crippen LogP contribution in [-0.4, -0.2) is 35.2 Å². The molecule has 0 spiro atoms. The van der Waals surface area contributed by atoms with E-state index in [0.29, 0.717) is 0 Å². The second kappa shape index (κ2) is 7.44. The van der Waals surface area contributed by atoms with Crippen LogP contribution in [0.4, 0.5) is 0 Å². The number of aliphatic imine (C=N–C) groups is 1. The molecule has 92 valence electrons. The fourth-order valence-corrected chi connectivity index (χ4v) is 1.88. The predicted octanol–water partition coefficient (Wildman–Crippen LogP) is 2.57. The lowest BCUT2D eigenvalue weighted by atomic mass is 10.1. The lowest BCUT2D eigenvalue weighted by Gasteiger charge is -2.21. The molecular formula is C13H24N2O. The van der Waals surface area contributed by atoms with Crippen LogP contribution in [0.5, 0.6) is 0 Å². The Labute approximate surface area is 98.9 Å². The molecule has 0 saturated heterocycles. The lowest BCUT2D eigenvalue weighted by Crippen LogP contribution is -2.34. The van der Waals surface area contributed by atoms with Crippen molar-refractivity contribution in [1.82, 2.24) is 4.90 Å². The minimum Gasteiger partial charge on any atom is -0.374 e. The zero-order chi connectivity index (χ0) is 11.8. The number of aliphatic hydroxyl groups excluding tert-OH is 1. The zero-order valence-corrected chi connectivity index (χ0v) is 10.5. The minimum atomic E-state index is -0.425. The van der Waals surface area contributed by atoms with Crippen molar-refractivity contribution >= 4 is 5.84 Å². The molecule has 0 aromatic heterocycles. The van der Waals surface area contributed by atoms with Crippen LogP contribution in [0.25, 0.3) is 0 Å². The van der Waals surface area contributed by atoms with E-state index in [-0.39, 0.29) is 0 Å². The van der Waals surface area contributed by atoms with Crippen LogP contribution in [-0.2, 0) is 0 Å². The van der Waals surface area contributed by atoms with E-state index in [2.05, 4.69) is 18.0 Å². The molecule has 3 nitrogen and oxygen atoms in total. The second-order valence-electron chi connectivity index (χ2n) is 4.32. The fraction of sp³-hybridized carbons (Fsp3) is 0.769. The highest BCUT2D eigenvalue weighted by molar-refractivity contribution is 5.94. The summed E-state index contributed by atoms with van der Waals surface area (Å²) < 4.78 is 0. The van der Waals surface area contributed by atoms with E-state index in [1.54, 1.807) is 6.92 Å². The number of amidine groups is 1. The number of nitrogens with zero attached hydrogens (tertiary/aromatic N) is 2. The largest absolute Gasteiger partial charge is 0.374 e. The molecular weight excluding hydrogens is 200 g/mol. The molecule has 1 aliphatic rings. The third-order valence-electron chi connectivity index (χ3n) is 2.85. The molecule has 0 radical (unpaired) electrons. The van der Waals surface area contributed by atoms with Gasteiger partial charge >= 0.3 is 0 Å². The third-order valence-corrected chi connectivity index (χ3v) is 2.85. The summed E-state index contributed by atoms with van der Waals surface area (Å²) in [6.07, 6.45) is 10.1. The van der Waals surface area contributed by atoms with Gasteiger partial charge in [0.15, 0.2) is 0 Å². The van der Waals surface area contributed by atoms with Crippen LogP contribution in [0, 0.1) is 0 Å². The van der Waals surface area contributed by atoms with Crippen LogP contribution in [0.2, 0.25) is 0 Å². The summed E-state index contributed by atoms with van der Waals surface area (Å²) in [5.41, 5.74) is 0. The Morgan fingerprint density at radius 2 is 2.25 bits per heavy atom. The first kappa shape index (κ1) is 13.2. The second-order valence-corrected chi connectivity index (χ2v) is 4.32. The Kier molecular flexibility index (Phi) is 6.16. The molecule has 0 fully saturated rings. The molecule has 0 aromatic carbocycles. The summed E-state index contributed by atoms with van der Waals surface area (Å²) >= 11 is 0. The van der Waals surface area contributed by atoms with E-state index >= 15 is 0 Å². The molecule has 1 rings (SSSR count). The van der Waals surface area contributed by atoms with Gasteiger partial charge in [-0.25, -0.2) is 0 Å². The molecule has 1 unspecified atom stereocenters. The molecule has 1 N–H and O–H groups in total. The maximum atomic E-state index is 9.51. The predicted molar refractivity (Wildman–Crippen MR) is 68.6 cm³/mol. The number of hydrogen-bond acceptors (Lipinski definition) is 3. The number of hydrogen-bond donors (Lipinski definition) is 1. The SMILES string of the molecule is CCCCCC/C=C/C1=NCCN1C(C)O. The van der Waals surface area contributed by atoms with E-state index < -0.39 is 6.23 Å². The van der Waals surface area contributed by atoms with E-state index in [1.807, 2.05) is 11.0 Å². The van der Waals surface area contributed by atoms with Crippen LogP contribution < -0.4 is 0 Å². The third kappa shape index (κ3) is 4.35. The first-order valence-corrected chi connectivity index (χ1v) is 6.41. The Bertz CT molecular complexity index is 246. The highest BCUT2D eigenvalue weighted by Crippen LogP contribution is 2.08. The van der Waals surface area contributed by atoms with Crippen molar-refractivity contribution in [3.05, 3.63) is 12.2 Å². The molecule has 0 amide bonds. The summed E-state index contributed by atoms with van der Waals surface area (Å²) in [6, 6.07) is 0. The summed E-state index contributed by atoms with van der Waals surface area (Å²) in [4.78, 5) is 6.30. The Morgan fingerprint density at radius 1 is 1.44 bits per heavy atom. The average molecular weight is 224 g/mol. The summed E-state index contributed by atoms with van der Waals surface area (Å²) in [6.45, 7) is 5.66. The molecule has 1 aliphatic heterocycles. The maximum Gasteiger partial charge on any atom is 0.125 e. The lowest BCUT2D eigenvalue weighted by molar-refractivity contribution is 0.0788. The summed E-state index contributed by atoms with van der Waals surface area (Å²) in [7, 11) is 0. The van der Waals surface area contributed by atoms with Crippen molar-refractivity contribution in [1.29, 1.82) is 0 Å². The van der Waals surface area contributed by atoms with Crippen molar-refractivity contribution < 1.29 is 5.11 Å². The van der Waals surface area contributed by atoms with Gasteiger partial charge in [-0.15, -0.1) is 0 Å². The van der Waals surface area contributed by atoms with E-state index in [1.165, 1.54) is 25.7 Å². The van der Waals surface area contributed by atoms with Crippen LogP contribution in [0.3, 0.4) is 0 Å². The molecule has 0 saturated carbocycles. The van der Waals surface area contributed by atoms with Gasteiger partial charge in [0.05, 0.1) is 6.54 Å². The monoisotopic (exact) mass is 224 g/mol. The van der Waals surface area contributed by atoms with Gasteiger partial charge in [0, 0.05) is 6.54 Å². The number of aliphatic hydroxyl groups is 1. The van der Waals surface area contributed by atoms with Crippen LogP contribution in [0.15, 0.2) is 17.1 Å². The van der Waals surface area contributed by atoms with E-state index in [4.69, 9.17) is 0 Å². The van der Waals surface area contributed by atoms with Gasteiger partial charge < -0.3 is 10.0 Å². The Balaban J connectivity index is 2.22. The van der Waals surface area contributed by atoms with Crippen molar-refractivity contribution in [3.63, 3.8) is 0 Å².